The maximum Gasteiger partial charge on any atom is 0.232 e. The molecule has 1 N–H and O–H groups in total. The second-order valence-electron chi connectivity index (χ2n) is 3.75. The summed E-state index contributed by atoms with van der Waals surface area (Å²) in [4.78, 5) is 3.87. The third kappa shape index (κ3) is 3.20. The fraction of sp³-hybridized carbons (Fsp3) is 0.182. The lowest BCUT2D eigenvalue weighted by Crippen LogP contribution is -2.14. The average Bonchev–Trinajstić information content (AvgIpc) is 2.71. The van der Waals surface area contributed by atoms with Gasteiger partial charge in [-0.15, -0.1) is 0 Å². The molecule has 0 aliphatic heterocycles. The van der Waals surface area contributed by atoms with Crippen molar-refractivity contribution >= 4 is 38.9 Å². The van der Waals surface area contributed by atoms with Crippen LogP contribution in [0, 0.1) is 0 Å². The molecule has 8 heteroatoms. The zero-order valence-corrected chi connectivity index (χ0v) is 12.3. The van der Waals surface area contributed by atoms with Crippen LogP contribution in [-0.4, -0.2) is 23.7 Å². The predicted octanol–water partition coefficient (Wildman–Crippen LogP) is 2.94. The van der Waals surface area contributed by atoms with E-state index in [1.807, 2.05) is 0 Å². The maximum atomic E-state index is 11.4. The van der Waals surface area contributed by atoms with Crippen LogP contribution in [-0.2, 0) is 10.0 Å². The number of anilines is 1. The van der Waals surface area contributed by atoms with E-state index in [0.29, 0.717) is 10.8 Å². The molecule has 19 heavy (non-hydrogen) atoms. The summed E-state index contributed by atoms with van der Waals surface area (Å²) < 4.78 is 26.9. The molecule has 0 saturated carbocycles. The van der Waals surface area contributed by atoms with Gasteiger partial charge in [0.15, 0.2) is 10.3 Å². The molecular formula is C11H11Cl2N3O2S. The molecule has 1 aromatic carbocycles. The van der Waals surface area contributed by atoms with E-state index in [1.165, 1.54) is 6.33 Å². The molecule has 2 aromatic rings. The second-order valence-corrected chi connectivity index (χ2v) is 6.48. The van der Waals surface area contributed by atoms with Crippen molar-refractivity contribution in [3.05, 3.63) is 40.9 Å². The van der Waals surface area contributed by atoms with Gasteiger partial charge in [0, 0.05) is 11.4 Å². The highest BCUT2D eigenvalue weighted by atomic mass is 35.5. The van der Waals surface area contributed by atoms with E-state index >= 15 is 0 Å². The first-order chi connectivity index (χ1) is 8.93. The summed E-state index contributed by atoms with van der Waals surface area (Å²) in [6.45, 7) is 1.57. The molecule has 0 amide bonds. The average molecular weight is 320 g/mol. The van der Waals surface area contributed by atoms with Gasteiger partial charge in [-0.25, -0.2) is 13.4 Å². The smallest absolute Gasteiger partial charge is 0.232 e. The number of halogens is 2. The van der Waals surface area contributed by atoms with Crippen molar-refractivity contribution < 1.29 is 8.42 Å². The van der Waals surface area contributed by atoms with Crippen LogP contribution in [0.2, 0.25) is 10.3 Å². The van der Waals surface area contributed by atoms with Crippen LogP contribution in [0.4, 0.5) is 5.69 Å². The van der Waals surface area contributed by atoms with Gasteiger partial charge < -0.3 is 0 Å². The van der Waals surface area contributed by atoms with Crippen LogP contribution in [0.5, 0.6) is 0 Å². The van der Waals surface area contributed by atoms with Crippen LogP contribution in [0.3, 0.4) is 0 Å². The number of imidazole rings is 1. The largest absolute Gasteiger partial charge is 0.288 e. The van der Waals surface area contributed by atoms with E-state index < -0.39 is 10.0 Å². The summed E-state index contributed by atoms with van der Waals surface area (Å²) in [7, 11) is -3.27. The van der Waals surface area contributed by atoms with Crippen LogP contribution in [0.1, 0.15) is 6.92 Å². The van der Waals surface area contributed by atoms with Gasteiger partial charge in [0.25, 0.3) is 0 Å². The van der Waals surface area contributed by atoms with Gasteiger partial charge in [-0.1, -0.05) is 23.2 Å². The highest BCUT2D eigenvalue weighted by Crippen LogP contribution is 2.24. The number of nitrogens with one attached hydrogen (secondary N) is 1. The molecule has 102 valence electrons. The van der Waals surface area contributed by atoms with E-state index in [9.17, 15) is 8.42 Å². The number of hydrogen-bond donors (Lipinski definition) is 1. The minimum atomic E-state index is -3.27. The van der Waals surface area contributed by atoms with Crippen LogP contribution in [0.25, 0.3) is 5.69 Å². The van der Waals surface area contributed by atoms with Crippen LogP contribution >= 0.6 is 23.2 Å². The van der Waals surface area contributed by atoms with Crippen LogP contribution < -0.4 is 4.72 Å². The Balaban J connectivity index is 2.26. The third-order valence-electron chi connectivity index (χ3n) is 2.47. The molecule has 0 radical (unpaired) electrons. The van der Waals surface area contributed by atoms with E-state index in [-0.39, 0.29) is 10.9 Å². The molecule has 0 bridgehead atoms. The first-order valence-corrected chi connectivity index (χ1v) is 7.83. The van der Waals surface area contributed by atoms with E-state index in [0.717, 1.165) is 5.69 Å². The maximum absolute atomic E-state index is 11.4. The molecule has 1 aromatic heterocycles. The Bertz CT molecular complexity index is 680. The molecule has 0 saturated heterocycles. The van der Waals surface area contributed by atoms with Crippen LogP contribution in [0.15, 0.2) is 30.6 Å². The Morgan fingerprint density at radius 3 is 2.37 bits per heavy atom. The van der Waals surface area contributed by atoms with Gasteiger partial charge >= 0.3 is 0 Å². The summed E-state index contributed by atoms with van der Waals surface area (Å²) in [5.74, 6) is 0.0255. The minimum Gasteiger partial charge on any atom is -0.288 e. The number of benzene rings is 1. The van der Waals surface area contributed by atoms with Crippen molar-refractivity contribution in [1.29, 1.82) is 0 Å². The fourth-order valence-corrected chi connectivity index (χ4v) is 2.40. The molecular weight excluding hydrogens is 309 g/mol. The number of rotatable bonds is 4. The molecule has 5 nitrogen and oxygen atoms in total. The molecule has 0 fully saturated rings. The lowest BCUT2D eigenvalue weighted by Gasteiger charge is -2.08. The normalized spacial score (nSPS) is 11.5. The third-order valence-corrected chi connectivity index (χ3v) is 4.51. The summed E-state index contributed by atoms with van der Waals surface area (Å²) in [5, 5.41) is 0.529. The van der Waals surface area contributed by atoms with Crippen molar-refractivity contribution in [3.8, 4) is 5.69 Å². The molecule has 0 aliphatic rings. The lowest BCUT2D eigenvalue weighted by molar-refractivity contribution is 0.602. The number of aromatic nitrogens is 2. The standard InChI is InChI=1S/C11H11Cl2N3O2S/c1-2-19(17,18)15-8-3-5-9(6-4-8)16-7-14-10(12)11(16)13/h3-7,15H,2H2,1H3. The zero-order valence-electron chi connectivity index (χ0n) is 9.97. The molecule has 0 aliphatic carbocycles. The van der Waals surface area contributed by atoms with Crippen molar-refractivity contribution in [2.45, 2.75) is 6.92 Å². The Morgan fingerprint density at radius 2 is 1.89 bits per heavy atom. The summed E-state index contributed by atoms with van der Waals surface area (Å²) in [6, 6.07) is 6.73. The second kappa shape index (κ2) is 5.40. The van der Waals surface area contributed by atoms with Crippen molar-refractivity contribution in [1.82, 2.24) is 9.55 Å². The SMILES string of the molecule is CCS(=O)(=O)Nc1ccc(-n2cnc(Cl)c2Cl)cc1. The van der Waals surface area contributed by atoms with Crippen molar-refractivity contribution in [2.24, 2.45) is 0 Å². The summed E-state index contributed by atoms with van der Waals surface area (Å²) in [5.41, 5.74) is 1.23. The molecule has 0 unspecified atom stereocenters. The Labute approximate surface area is 121 Å². The lowest BCUT2D eigenvalue weighted by atomic mass is 10.3. The monoisotopic (exact) mass is 319 g/mol. The Morgan fingerprint density at radius 1 is 1.26 bits per heavy atom. The number of sulfonamides is 1. The molecule has 0 spiro atoms. The number of nitrogens with zero attached hydrogens (tertiary/aromatic N) is 2. The molecule has 2 rings (SSSR count). The van der Waals surface area contributed by atoms with Gasteiger partial charge in [-0.2, -0.15) is 0 Å². The quantitative estimate of drug-likeness (QED) is 0.942. The van der Waals surface area contributed by atoms with Gasteiger partial charge in [0.2, 0.25) is 10.0 Å². The minimum absolute atomic E-state index is 0.0255. The zero-order chi connectivity index (χ0) is 14.0. The first kappa shape index (κ1) is 14.2. The first-order valence-electron chi connectivity index (χ1n) is 5.42. The Kier molecular flexibility index (Phi) is 4.03. The predicted molar refractivity (Wildman–Crippen MR) is 76.7 cm³/mol. The van der Waals surface area contributed by atoms with E-state index in [4.69, 9.17) is 23.2 Å². The van der Waals surface area contributed by atoms with E-state index in [2.05, 4.69) is 9.71 Å². The molecule has 0 atom stereocenters. The summed E-state index contributed by atoms with van der Waals surface area (Å²) in [6.07, 6.45) is 1.50. The number of hydrogen-bond acceptors (Lipinski definition) is 3. The Hall–Kier alpha value is -1.24. The highest BCUT2D eigenvalue weighted by Gasteiger charge is 2.09. The van der Waals surface area contributed by atoms with Crippen molar-refractivity contribution in [3.63, 3.8) is 0 Å². The van der Waals surface area contributed by atoms with Crippen molar-refractivity contribution in [2.75, 3.05) is 10.5 Å². The fourth-order valence-electron chi connectivity index (χ4n) is 1.43. The van der Waals surface area contributed by atoms with Gasteiger partial charge in [0.05, 0.1) is 5.75 Å². The van der Waals surface area contributed by atoms with Gasteiger partial charge in [-0.3, -0.25) is 9.29 Å². The van der Waals surface area contributed by atoms with Gasteiger partial charge in [0.1, 0.15) is 6.33 Å². The highest BCUT2D eigenvalue weighted by molar-refractivity contribution is 7.92. The molecule has 1 heterocycles. The summed E-state index contributed by atoms with van der Waals surface area (Å²) >= 11 is 11.7. The topological polar surface area (TPSA) is 64.0 Å². The van der Waals surface area contributed by atoms with E-state index in [1.54, 1.807) is 35.8 Å². The van der Waals surface area contributed by atoms with Gasteiger partial charge in [-0.05, 0) is 31.2 Å².